The molecule has 3 rings (SSSR count). The number of aliphatic carboxylic acids is 1. The predicted octanol–water partition coefficient (Wildman–Crippen LogP) is 3.71. The maximum absolute atomic E-state index is 13.2. The van der Waals surface area contributed by atoms with Crippen LogP contribution in [-0.4, -0.2) is 37.0 Å². The standard InChI is InChI=1S/C18H16ClF2NO5S/c19-13-3-1-12(2-4-13)18(9-10-18)22(11-16(23)24)28(25,26)15-7-5-14(6-8-15)27-17(20)21/h1-8,17H,9-11H2,(H,23,24). The summed E-state index contributed by atoms with van der Waals surface area (Å²) in [5.74, 6) is -1.50. The monoisotopic (exact) mass is 431 g/mol. The Balaban J connectivity index is 1.99. The van der Waals surface area contributed by atoms with E-state index in [9.17, 15) is 27.1 Å². The molecule has 1 N–H and O–H groups in total. The molecule has 1 fully saturated rings. The molecule has 2 aromatic carbocycles. The van der Waals surface area contributed by atoms with Crippen molar-refractivity contribution in [2.24, 2.45) is 0 Å². The first-order chi connectivity index (χ1) is 13.1. The Morgan fingerprint density at radius 3 is 2.18 bits per heavy atom. The highest BCUT2D eigenvalue weighted by atomic mass is 35.5. The Hall–Kier alpha value is -2.23. The van der Waals surface area contributed by atoms with Crippen LogP contribution in [0.5, 0.6) is 5.75 Å². The lowest BCUT2D eigenvalue weighted by Gasteiger charge is -2.30. The molecule has 0 saturated heterocycles. The fourth-order valence-corrected chi connectivity index (χ4v) is 4.96. The van der Waals surface area contributed by atoms with E-state index in [2.05, 4.69) is 4.74 Å². The first-order valence-corrected chi connectivity index (χ1v) is 10.0. The number of hydrogen-bond donors (Lipinski definition) is 1. The molecule has 0 aliphatic heterocycles. The van der Waals surface area contributed by atoms with E-state index in [1.807, 2.05) is 0 Å². The van der Waals surface area contributed by atoms with E-state index in [0.717, 1.165) is 28.6 Å². The zero-order valence-corrected chi connectivity index (χ0v) is 16.0. The molecule has 0 atom stereocenters. The summed E-state index contributed by atoms with van der Waals surface area (Å²) in [5, 5.41) is 9.76. The van der Waals surface area contributed by atoms with Gasteiger partial charge >= 0.3 is 12.6 Å². The smallest absolute Gasteiger partial charge is 0.387 e. The number of carboxylic acid groups (broad SMARTS) is 1. The average Bonchev–Trinajstić information content (AvgIpc) is 3.41. The van der Waals surface area contributed by atoms with Crippen LogP contribution in [0.4, 0.5) is 8.78 Å². The van der Waals surface area contributed by atoms with Crippen molar-refractivity contribution in [3.05, 3.63) is 59.1 Å². The number of carboxylic acids is 1. The summed E-state index contributed by atoms with van der Waals surface area (Å²) in [5.41, 5.74) is -0.348. The molecule has 2 aromatic rings. The van der Waals surface area contributed by atoms with Crippen LogP contribution in [-0.2, 0) is 20.4 Å². The van der Waals surface area contributed by atoms with E-state index in [1.54, 1.807) is 24.3 Å². The van der Waals surface area contributed by atoms with E-state index < -0.39 is 34.7 Å². The number of benzene rings is 2. The maximum atomic E-state index is 13.2. The molecule has 0 unspecified atom stereocenters. The highest BCUT2D eigenvalue weighted by molar-refractivity contribution is 7.89. The van der Waals surface area contributed by atoms with Crippen LogP contribution in [0.3, 0.4) is 0 Å². The summed E-state index contributed by atoms with van der Waals surface area (Å²) in [6, 6.07) is 11.0. The molecule has 0 aromatic heterocycles. The molecule has 28 heavy (non-hydrogen) atoms. The minimum absolute atomic E-state index is 0.197. The Morgan fingerprint density at radius 1 is 1.14 bits per heavy atom. The normalized spacial score (nSPS) is 15.6. The number of carbonyl (C=O) groups is 1. The topological polar surface area (TPSA) is 83.9 Å². The summed E-state index contributed by atoms with van der Waals surface area (Å²) >= 11 is 5.89. The van der Waals surface area contributed by atoms with Gasteiger partial charge in [0, 0.05) is 5.02 Å². The highest BCUT2D eigenvalue weighted by Gasteiger charge is 2.55. The van der Waals surface area contributed by atoms with Crippen molar-refractivity contribution in [3.8, 4) is 5.75 Å². The van der Waals surface area contributed by atoms with Crippen molar-refractivity contribution >= 4 is 27.6 Å². The third-order valence-electron chi connectivity index (χ3n) is 4.50. The van der Waals surface area contributed by atoms with Crippen molar-refractivity contribution in [2.75, 3.05) is 6.54 Å². The minimum atomic E-state index is -4.22. The summed E-state index contributed by atoms with van der Waals surface area (Å²) < 4.78 is 56.1. The second-order valence-corrected chi connectivity index (χ2v) is 8.59. The summed E-state index contributed by atoms with van der Waals surface area (Å²) in [6.07, 6.45) is 0.904. The summed E-state index contributed by atoms with van der Waals surface area (Å²) in [6.45, 7) is -3.77. The van der Waals surface area contributed by atoms with E-state index >= 15 is 0 Å². The second kappa shape index (κ2) is 7.65. The van der Waals surface area contributed by atoms with Crippen molar-refractivity contribution in [3.63, 3.8) is 0 Å². The molecular formula is C18H16ClF2NO5S. The van der Waals surface area contributed by atoms with Gasteiger partial charge < -0.3 is 9.84 Å². The van der Waals surface area contributed by atoms with Gasteiger partial charge in [-0.25, -0.2) is 8.42 Å². The SMILES string of the molecule is O=C(O)CN(C1(c2ccc(Cl)cc2)CC1)S(=O)(=O)c1ccc(OC(F)F)cc1. The van der Waals surface area contributed by atoms with E-state index in [4.69, 9.17) is 11.6 Å². The van der Waals surface area contributed by atoms with E-state index in [1.165, 1.54) is 0 Å². The van der Waals surface area contributed by atoms with Gasteiger partial charge in [-0.05, 0) is 54.8 Å². The van der Waals surface area contributed by atoms with Gasteiger partial charge in [0.2, 0.25) is 10.0 Å². The lowest BCUT2D eigenvalue weighted by molar-refractivity contribution is -0.137. The summed E-state index contributed by atoms with van der Waals surface area (Å²) in [7, 11) is -4.22. The number of halogens is 3. The van der Waals surface area contributed by atoms with Gasteiger partial charge in [-0.15, -0.1) is 0 Å². The first-order valence-electron chi connectivity index (χ1n) is 8.21. The molecule has 0 spiro atoms. The van der Waals surface area contributed by atoms with Gasteiger partial charge in [0.05, 0.1) is 10.4 Å². The van der Waals surface area contributed by atoms with Gasteiger partial charge in [0.15, 0.2) is 0 Å². The Kier molecular flexibility index (Phi) is 5.60. The Labute approximate surface area is 165 Å². The first kappa shape index (κ1) is 20.5. The maximum Gasteiger partial charge on any atom is 0.387 e. The molecule has 0 amide bonds. The lowest BCUT2D eigenvalue weighted by Crippen LogP contribution is -2.43. The number of ether oxygens (including phenoxy) is 1. The number of hydrogen-bond acceptors (Lipinski definition) is 4. The van der Waals surface area contributed by atoms with Crippen LogP contribution >= 0.6 is 11.6 Å². The molecule has 1 saturated carbocycles. The van der Waals surface area contributed by atoms with Gasteiger partial charge in [-0.1, -0.05) is 23.7 Å². The quantitative estimate of drug-likeness (QED) is 0.689. The van der Waals surface area contributed by atoms with Gasteiger partial charge in [-0.2, -0.15) is 13.1 Å². The lowest BCUT2D eigenvalue weighted by atomic mass is 10.1. The van der Waals surface area contributed by atoms with Crippen molar-refractivity contribution in [2.45, 2.75) is 29.9 Å². The average molecular weight is 432 g/mol. The number of sulfonamides is 1. The van der Waals surface area contributed by atoms with Gasteiger partial charge in [0.1, 0.15) is 12.3 Å². The van der Waals surface area contributed by atoms with E-state index in [-0.39, 0.29) is 10.6 Å². The molecule has 6 nitrogen and oxygen atoms in total. The fourth-order valence-electron chi connectivity index (χ4n) is 3.07. The molecule has 1 aliphatic carbocycles. The highest BCUT2D eigenvalue weighted by Crippen LogP contribution is 2.53. The van der Waals surface area contributed by atoms with Crippen LogP contribution in [0.15, 0.2) is 53.4 Å². The third-order valence-corrected chi connectivity index (χ3v) is 6.68. The predicted molar refractivity (Wildman–Crippen MR) is 97.0 cm³/mol. The fraction of sp³-hybridized carbons (Fsp3) is 0.278. The molecule has 150 valence electrons. The molecule has 10 heteroatoms. The Bertz CT molecular complexity index is 960. The molecule has 0 heterocycles. The van der Waals surface area contributed by atoms with Gasteiger partial charge in [0.25, 0.3) is 0 Å². The Morgan fingerprint density at radius 2 is 1.71 bits per heavy atom. The van der Waals surface area contributed by atoms with Gasteiger partial charge in [-0.3, -0.25) is 4.79 Å². The van der Waals surface area contributed by atoms with Crippen LogP contribution in [0.1, 0.15) is 18.4 Å². The number of nitrogens with zero attached hydrogens (tertiary/aromatic N) is 1. The van der Waals surface area contributed by atoms with Crippen molar-refractivity contribution in [1.82, 2.24) is 4.31 Å². The number of alkyl halides is 2. The zero-order valence-electron chi connectivity index (χ0n) is 14.4. The van der Waals surface area contributed by atoms with E-state index in [0.29, 0.717) is 23.4 Å². The summed E-state index contributed by atoms with van der Waals surface area (Å²) in [4.78, 5) is 11.2. The molecule has 1 aliphatic rings. The van der Waals surface area contributed by atoms with Crippen molar-refractivity contribution < 1.29 is 31.8 Å². The zero-order chi connectivity index (χ0) is 20.5. The second-order valence-electron chi connectivity index (χ2n) is 6.29. The third kappa shape index (κ3) is 4.11. The number of rotatable bonds is 8. The molecule has 0 radical (unpaired) electrons. The van der Waals surface area contributed by atoms with Crippen LogP contribution in [0.25, 0.3) is 0 Å². The molecule has 0 bridgehead atoms. The molecular weight excluding hydrogens is 416 g/mol. The van der Waals surface area contributed by atoms with Crippen LogP contribution in [0, 0.1) is 0 Å². The minimum Gasteiger partial charge on any atom is -0.480 e. The van der Waals surface area contributed by atoms with Crippen molar-refractivity contribution in [1.29, 1.82) is 0 Å². The largest absolute Gasteiger partial charge is 0.480 e. The van der Waals surface area contributed by atoms with Crippen LogP contribution in [0.2, 0.25) is 5.02 Å². The van der Waals surface area contributed by atoms with Crippen LogP contribution < -0.4 is 4.74 Å².